The molecule has 0 amide bonds. The van der Waals surface area contributed by atoms with Crippen LogP contribution in [0.15, 0.2) is 10.6 Å². The number of rotatable bonds is 2. The summed E-state index contributed by atoms with van der Waals surface area (Å²) in [5.74, 6) is -0.640. The fourth-order valence-electron chi connectivity index (χ4n) is 0.364. The van der Waals surface area contributed by atoms with Gasteiger partial charge in [0, 0.05) is 0 Å². The SMILES string of the molecule is CC(C)/C=C(\Br)C(=O)O. The molecular formula is C6H9BrO2. The van der Waals surface area contributed by atoms with E-state index >= 15 is 0 Å². The van der Waals surface area contributed by atoms with E-state index in [9.17, 15) is 4.79 Å². The van der Waals surface area contributed by atoms with E-state index in [-0.39, 0.29) is 10.4 Å². The van der Waals surface area contributed by atoms with Gasteiger partial charge in [-0.15, -0.1) is 0 Å². The third-order valence-electron chi connectivity index (χ3n) is 0.684. The van der Waals surface area contributed by atoms with Gasteiger partial charge in [-0.05, 0) is 21.8 Å². The van der Waals surface area contributed by atoms with Gasteiger partial charge < -0.3 is 5.11 Å². The molecule has 0 aliphatic heterocycles. The highest BCUT2D eigenvalue weighted by Crippen LogP contribution is 2.08. The zero-order valence-electron chi connectivity index (χ0n) is 5.39. The van der Waals surface area contributed by atoms with E-state index < -0.39 is 5.97 Å². The number of halogens is 1. The third kappa shape index (κ3) is 4.21. The lowest BCUT2D eigenvalue weighted by atomic mass is 10.2. The number of carbonyl (C=O) groups is 1. The summed E-state index contributed by atoms with van der Waals surface area (Å²) in [5, 5.41) is 8.32. The van der Waals surface area contributed by atoms with Gasteiger partial charge in [0.1, 0.15) is 0 Å². The van der Waals surface area contributed by atoms with Crippen molar-refractivity contribution in [2.24, 2.45) is 5.92 Å². The normalized spacial score (nSPS) is 12.2. The Labute approximate surface area is 62.7 Å². The van der Waals surface area contributed by atoms with Gasteiger partial charge in [-0.3, -0.25) is 0 Å². The number of hydrogen-bond donors (Lipinski definition) is 1. The van der Waals surface area contributed by atoms with Crippen LogP contribution >= 0.6 is 15.9 Å². The lowest BCUT2D eigenvalue weighted by Gasteiger charge is -1.93. The molecule has 0 aromatic carbocycles. The standard InChI is InChI=1S/C6H9BrO2/c1-4(2)3-5(7)6(8)9/h3-4H,1-2H3,(H,8,9)/b5-3-. The largest absolute Gasteiger partial charge is 0.477 e. The summed E-state index contributed by atoms with van der Waals surface area (Å²) in [7, 11) is 0. The van der Waals surface area contributed by atoms with Crippen LogP contribution in [-0.2, 0) is 4.79 Å². The molecule has 0 saturated carbocycles. The van der Waals surface area contributed by atoms with Crippen molar-refractivity contribution in [3.8, 4) is 0 Å². The van der Waals surface area contributed by atoms with Crippen LogP contribution in [-0.4, -0.2) is 11.1 Å². The Hall–Kier alpha value is -0.310. The summed E-state index contributed by atoms with van der Waals surface area (Å²) in [4.78, 5) is 10.1. The van der Waals surface area contributed by atoms with Crippen LogP contribution < -0.4 is 0 Å². The van der Waals surface area contributed by atoms with E-state index in [2.05, 4.69) is 15.9 Å². The summed E-state index contributed by atoms with van der Waals surface area (Å²) in [5.41, 5.74) is 0. The number of carboxylic acid groups (broad SMARTS) is 1. The highest BCUT2D eigenvalue weighted by Gasteiger charge is 2.01. The quantitative estimate of drug-likeness (QED) is 0.681. The molecule has 3 heteroatoms. The van der Waals surface area contributed by atoms with Crippen LogP contribution in [0.5, 0.6) is 0 Å². The van der Waals surface area contributed by atoms with Gasteiger partial charge in [0.25, 0.3) is 0 Å². The fourth-order valence-corrected chi connectivity index (χ4v) is 0.893. The van der Waals surface area contributed by atoms with Crippen molar-refractivity contribution >= 4 is 21.9 Å². The second kappa shape index (κ2) is 3.67. The van der Waals surface area contributed by atoms with E-state index in [0.717, 1.165) is 0 Å². The number of aliphatic carboxylic acids is 1. The van der Waals surface area contributed by atoms with Crippen molar-refractivity contribution in [1.29, 1.82) is 0 Å². The van der Waals surface area contributed by atoms with Crippen molar-refractivity contribution in [1.82, 2.24) is 0 Å². The molecule has 0 atom stereocenters. The van der Waals surface area contributed by atoms with Crippen LogP contribution in [0.25, 0.3) is 0 Å². The summed E-state index contributed by atoms with van der Waals surface area (Å²) < 4.78 is 0.234. The van der Waals surface area contributed by atoms with E-state index in [1.165, 1.54) is 0 Å². The molecule has 0 aliphatic rings. The molecular weight excluding hydrogens is 184 g/mol. The van der Waals surface area contributed by atoms with Crippen LogP contribution in [0.4, 0.5) is 0 Å². The van der Waals surface area contributed by atoms with Gasteiger partial charge >= 0.3 is 5.97 Å². The third-order valence-corrected chi connectivity index (χ3v) is 1.29. The first-order valence-corrected chi connectivity index (χ1v) is 3.44. The molecule has 0 rings (SSSR count). The van der Waals surface area contributed by atoms with Crippen LogP contribution in [0.2, 0.25) is 0 Å². The first-order chi connectivity index (χ1) is 4.04. The van der Waals surface area contributed by atoms with Crippen LogP contribution in [0.1, 0.15) is 13.8 Å². The molecule has 1 N–H and O–H groups in total. The Morgan fingerprint density at radius 3 is 2.22 bits per heavy atom. The molecule has 0 radical (unpaired) electrons. The first kappa shape index (κ1) is 8.69. The number of hydrogen-bond acceptors (Lipinski definition) is 1. The molecule has 0 aromatic heterocycles. The zero-order chi connectivity index (χ0) is 7.44. The van der Waals surface area contributed by atoms with Gasteiger partial charge in [0.05, 0.1) is 4.48 Å². The summed E-state index contributed by atoms with van der Waals surface area (Å²) in [6.07, 6.45) is 1.64. The van der Waals surface area contributed by atoms with Gasteiger partial charge in [0.15, 0.2) is 0 Å². The number of allylic oxidation sites excluding steroid dienone is 1. The van der Waals surface area contributed by atoms with Crippen molar-refractivity contribution in [3.63, 3.8) is 0 Å². The van der Waals surface area contributed by atoms with Gasteiger partial charge in [-0.1, -0.05) is 19.9 Å². The van der Waals surface area contributed by atoms with E-state index in [1.54, 1.807) is 6.08 Å². The second-order valence-electron chi connectivity index (χ2n) is 2.06. The maximum atomic E-state index is 10.1. The molecule has 52 valence electrons. The first-order valence-electron chi connectivity index (χ1n) is 2.64. The monoisotopic (exact) mass is 192 g/mol. The maximum Gasteiger partial charge on any atom is 0.342 e. The van der Waals surface area contributed by atoms with E-state index in [0.29, 0.717) is 0 Å². The van der Waals surface area contributed by atoms with Gasteiger partial charge in [0.2, 0.25) is 0 Å². The van der Waals surface area contributed by atoms with Crippen LogP contribution in [0.3, 0.4) is 0 Å². The van der Waals surface area contributed by atoms with Gasteiger partial charge in [-0.2, -0.15) is 0 Å². The van der Waals surface area contributed by atoms with Gasteiger partial charge in [-0.25, -0.2) is 4.79 Å². The van der Waals surface area contributed by atoms with E-state index in [1.807, 2.05) is 13.8 Å². The number of carboxylic acids is 1. The Morgan fingerprint density at radius 2 is 2.11 bits per heavy atom. The molecule has 0 unspecified atom stereocenters. The molecule has 0 bridgehead atoms. The average Bonchev–Trinajstić information content (AvgIpc) is 1.63. The minimum Gasteiger partial charge on any atom is -0.477 e. The summed E-state index contributed by atoms with van der Waals surface area (Å²) in [6.45, 7) is 3.84. The summed E-state index contributed by atoms with van der Waals surface area (Å²) >= 11 is 2.90. The predicted octanol–water partition coefficient (Wildman–Crippen LogP) is 2.01. The minimum absolute atomic E-state index is 0.234. The Balaban J connectivity index is 4.00. The Kier molecular flexibility index (Phi) is 3.54. The Morgan fingerprint density at radius 1 is 1.67 bits per heavy atom. The average molecular weight is 193 g/mol. The molecule has 0 fully saturated rings. The second-order valence-corrected chi connectivity index (χ2v) is 2.92. The molecule has 0 saturated heterocycles. The molecule has 2 nitrogen and oxygen atoms in total. The molecule has 0 spiro atoms. The molecule has 0 aliphatic carbocycles. The zero-order valence-corrected chi connectivity index (χ0v) is 6.97. The van der Waals surface area contributed by atoms with Crippen molar-refractivity contribution in [3.05, 3.63) is 10.6 Å². The lowest BCUT2D eigenvalue weighted by Crippen LogP contribution is -1.94. The minimum atomic E-state index is -0.913. The lowest BCUT2D eigenvalue weighted by molar-refractivity contribution is -0.131. The van der Waals surface area contributed by atoms with E-state index in [4.69, 9.17) is 5.11 Å². The predicted molar refractivity (Wildman–Crippen MR) is 39.5 cm³/mol. The fraction of sp³-hybridized carbons (Fsp3) is 0.500. The van der Waals surface area contributed by atoms with Crippen molar-refractivity contribution in [2.75, 3.05) is 0 Å². The molecule has 0 aromatic rings. The molecule has 0 heterocycles. The molecule has 9 heavy (non-hydrogen) atoms. The van der Waals surface area contributed by atoms with Crippen LogP contribution in [0, 0.1) is 5.92 Å². The Bertz CT molecular complexity index is 138. The summed E-state index contributed by atoms with van der Waals surface area (Å²) in [6, 6.07) is 0. The van der Waals surface area contributed by atoms with Crippen molar-refractivity contribution < 1.29 is 9.90 Å². The topological polar surface area (TPSA) is 37.3 Å². The maximum absolute atomic E-state index is 10.1. The smallest absolute Gasteiger partial charge is 0.342 e. The highest BCUT2D eigenvalue weighted by atomic mass is 79.9. The highest BCUT2D eigenvalue weighted by molar-refractivity contribution is 9.12. The van der Waals surface area contributed by atoms with Crippen molar-refractivity contribution in [2.45, 2.75) is 13.8 Å².